The topological polar surface area (TPSA) is 47.6 Å². The number of rotatable bonds is 5. The van der Waals surface area contributed by atoms with Gasteiger partial charge in [0, 0.05) is 6.54 Å². The average Bonchev–Trinajstić information content (AvgIpc) is 2.51. The van der Waals surface area contributed by atoms with Crippen molar-refractivity contribution in [1.29, 1.82) is 0 Å². The van der Waals surface area contributed by atoms with E-state index >= 15 is 0 Å². The van der Waals surface area contributed by atoms with Crippen molar-refractivity contribution >= 4 is 6.09 Å². The fraction of sp³-hybridized carbons (Fsp3) is 0.632. The van der Waals surface area contributed by atoms with Gasteiger partial charge in [0.25, 0.3) is 0 Å². The van der Waals surface area contributed by atoms with Crippen molar-refractivity contribution in [2.45, 2.75) is 77.7 Å². The molecule has 1 aromatic rings. The Bertz CT molecular complexity index is 484. The molecule has 1 aliphatic carbocycles. The summed E-state index contributed by atoms with van der Waals surface area (Å²) >= 11 is 0. The van der Waals surface area contributed by atoms with Gasteiger partial charge in [-0.25, -0.2) is 4.79 Å². The molecule has 0 spiro atoms. The van der Waals surface area contributed by atoms with Crippen LogP contribution in [0.25, 0.3) is 0 Å². The lowest BCUT2D eigenvalue weighted by atomic mass is 9.98. The van der Waals surface area contributed by atoms with Crippen LogP contribution in [0.2, 0.25) is 0 Å². The van der Waals surface area contributed by atoms with Crippen LogP contribution in [0.3, 0.4) is 0 Å². The number of carbonyl (C=O) groups excluding carboxylic acids is 1. The lowest BCUT2D eigenvalue weighted by Crippen LogP contribution is -2.32. The van der Waals surface area contributed by atoms with Crippen molar-refractivity contribution in [2.75, 3.05) is 0 Å². The zero-order chi connectivity index (χ0) is 16.7. The van der Waals surface area contributed by atoms with Crippen molar-refractivity contribution in [3.05, 3.63) is 35.4 Å². The van der Waals surface area contributed by atoms with Gasteiger partial charge in [0.15, 0.2) is 0 Å². The van der Waals surface area contributed by atoms with Crippen LogP contribution in [0.4, 0.5) is 4.79 Å². The normalized spacial score (nSPS) is 16.1. The second-order valence-corrected chi connectivity index (χ2v) is 7.24. The second-order valence-electron chi connectivity index (χ2n) is 7.24. The van der Waals surface area contributed by atoms with Crippen LogP contribution in [0.15, 0.2) is 24.3 Å². The lowest BCUT2D eigenvalue weighted by Gasteiger charge is -2.22. The molecule has 0 aliphatic heterocycles. The highest BCUT2D eigenvalue weighted by atomic mass is 16.6. The van der Waals surface area contributed by atoms with Gasteiger partial charge in [-0.15, -0.1) is 0 Å². The van der Waals surface area contributed by atoms with Gasteiger partial charge in [-0.05, 0) is 44.7 Å². The molecule has 0 saturated heterocycles. The van der Waals surface area contributed by atoms with Crippen LogP contribution in [0.5, 0.6) is 0 Å². The molecule has 1 aromatic carbocycles. The van der Waals surface area contributed by atoms with Gasteiger partial charge in [0.05, 0.1) is 12.7 Å². The van der Waals surface area contributed by atoms with E-state index < -0.39 is 5.60 Å². The summed E-state index contributed by atoms with van der Waals surface area (Å²) in [7, 11) is 0. The van der Waals surface area contributed by atoms with E-state index in [2.05, 4.69) is 17.4 Å². The molecule has 2 rings (SSSR count). The Morgan fingerprint density at radius 3 is 2.30 bits per heavy atom. The van der Waals surface area contributed by atoms with Gasteiger partial charge in [-0.1, -0.05) is 43.5 Å². The molecule has 0 aromatic heterocycles. The molecular weight excluding hydrogens is 290 g/mol. The van der Waals surface area contributed by atoms with Gasteiger partial charge < -0.3 is 14.8 Å². The zero-order valence-electron chi connectivity index (χ0n) is 14.6. The van der Waals surface area contributed by atoms with Gasteiger partial charge in [0.1, 0.15) is 5.60 Å². The molecular formula is C19H29NO3. The molecule has 1 N–H and O–H groups in total. The summed E-state index contributed by atoms with van der Waals surface area (Å²) in [5.74, 6) is 0. The summed E-state index contributed by atoms with van der Waals surface area (Å²) in [6.07, 6.45) is 6.36. The average molecular weight is 319 g/mol. The summed E-state index contributed by atoms with van der Waals surface area (Å²) in [5, 5.41) is 2.77. The maximum atomic E-state index is 11.6. The monoisotopic (exact) mass is 319 g/mol. The molecule has 1 saturated carbocycles. The first kappa shape index (κ1) is 17.8. The third-order valence-electron chi connectivity index (χ3n) is 3.90. The highest BCUT2D eigenvalue weighted by Crippen LogP contribution is 2.21. The molecule has 0 unspecified atom stereocenters. The second kappa shape index (κ2) is 8.34. The molecule has 0 bridgehead atoms. The van der Waals surface area contributed by atoms with Crippen LogP contribution in [0.1, 0.15) is 64.0 Å². The van der Waals surface area contributed by atoms with Gasteiger partial charge in [0.2, 0.25) is 0 Å². The van der Waals surface area contributed by atoms with E-state index in [1.165, 1.54) is 37.7 Å². The molecule has 23 heavy (non-hydrogen) atoms. The van der Waals surface area contributed by atoms with Crippen molar-refractivity contribution in [3.8, 4) is 0 Å². The summed E-state index contributed by atoms with van der Waals surface area (Å²) in [6, 6.07) is 8.18. The Labute approximate surface area is 139 Å². The fourth-order valence-corrected chi connectivity index (χ4v) is 2.69. The van der Waals surface area contributed by atoms with E-state index in [1.807, 2.05) is 32.9 Å². The molecule has 0 heterocycles. The Morgan fingerprint density at radius 1 is 1.09 bits per heavy atom. The minimum absolute atomic E-state index is 0.387. The van der Waals surface area contributed by atoms with E-state index in [0.29, 0.717) is 19.3 Å². The molecule has 1 amide bonds. The largest absolute Gasteiger partial charge is 0.444 e. The van der Waals surface area contributed by atoms with E-state index in [0.717, 1.165) is 5.56 Å². The number of carbonyl (C=O) groups is 1. The number of nitrogens with one attached hydrogen (secondary N) is 1. The van der Waals surface area contributed by atoms with E-state index in [4.69, 9.17) is 9.47 Å². The highest BCUT2D eigenvalue weighted by molar-refractivity contribution is 5.67. The lowest BCUT2D eigenvalue weighted by molar-refractivity contribution is 0.0168. The molecule has 4 heteroatoms. The molecule has 0 radical (unpaired) electrons. The predicted molar refractivity (Wildman–Crippen MR) is 91.2 cm³/mol. The number of hydrogen-bond donors (Lipinski definition) is 1. The third kappa shape index (κ3) is 7.04. The molecule has 1 aliphatic rings. The highest BCUT2D eigenvalue weighted by Gasteiger charge is 2.16. The van der Waals surface area contributed by atoms with Crippen LogP contribution in [-0.2, 0) is 22.6 Å². The number of ether oxygens (including phenoxy) is 2. The summed E-state index contributed by atoms with van der Waals surface area (Å²) in [4.78, 5) is 11.6. The van der Waals surface area contributed by atoms with Crippen molar-refractivity contribution < 1.29 is 14.3 Å². The molecule has 4 nitrogen and oxygen atoms in total. The first-order valence-corrected chi connectivity index (χ1v) is 8.59. The predicted octanol–water partition coefficient (Wildman–Crippen LogP) is 4.56. The van der Waals surface area contributed by atoms with E-state index in [1.54, 1.807) is 0 Å². The van der Waals surface area contributed by atoms with Gasteiger partial charge in [-0.2, -0.15) is 0 Å². The van der Waals surface area contributed by atoms with Crippen molar-refractivity contribution in [2.24, 2.45) is 0 Å². The van der Waals surface area contributed by atoms with E-state index in [-0.39, 0.29) is 6.09 Å². The zero-order valence-corrected chi connectivity index (χ0v) is 14.6. The SMILES string of the molecule is CC(C)(C)OC(=O)NCc1ccc(COC2CCCCC2)cc1. The molecule has 0 atom stereocenters. The Hall–Kier alpha value is -1.55. The van der Waals surface area contributed by atoms with Crippen LogP contribution in [-0.4, -0.2) is 17.8 Å². The standard InChI is InChI=1S/C19H29NO3/c1-19(2,3)23-18(21)20-13-15-9-11-16(12-10-15)14-22-17-7-5-4-6-8-17/h9-12,17H,4-8,13-14H2,1-3H3,(H,20,21). The summed E-state index contributed by atoms with van der Waals surface area (Å²) < 4.78 is 11.2. The fourth-order valence-electron chi connectivity index (χ4n) is 2.69. The van der Waals surface area contributed by atoms with Crippen molar-refractivity contribution in [3.63, 3.8) is 0 Å². The Morgan fingerprint density at radius 2 is 1.70 bits per heavy atom. The van der Waals surface area contributed by atoms with E-state index in [9.17, 15) is 4.79 Å². The third-order valence-corrected chi connectivity index (χ3v) is 3.90. The van der Waals surface area contributed by atoms with Gasteiger partial charge in [-0.3, -0.25) is 0 Å². The smallest absolute Gasteiger partial charge is 0.407 e. The van der Waals surface area contributed by atoms with Crippen LogP contribution >= 0.6 is 0 Å². The summed E-state index contributed by atoms with van der Waals surface area (Å²) in [5.41, 5.74) is 1.76. The summed E-state index contributed by atoms with van der Waals surface area (Å²) in [6.45, 7) is 6.71. The number of benzene rings is 1. The first-order valence-electron chi connectivity index (χ1n) is 8.59. The minimum Gasteiger partial charge on any atom is -0.444 e. The number of hydrogen-bond acceptors (Lipinski definition) is 3. The quantitative estimate of drug-likeness (QED) is 0.865. The maximum Gasteiger partial charge on any atom is 0.407 e. The maximum absolute atomic E-state index is 11.6. The molecule has 1 fully saturated rings. The van der Waals surface area contributed by atoms with Crippen LogP contribution in [0, 0.1) is 0 Å². The Balaban J connectivity index is 1.72. The van der Waals surface area contributed by atoms with Crippen LogP contribution < -0.4 is 5.32 Å². The van der Waals surface area contributed by atoms with Crippen molar-refractivity contribution in [1.82, 2.24) is 5.32 Å². The number of amides is 1. The molecule has 128 valence electrons. The Kier molecular flexibility index (Phi) is 6.46. The van der Waals surface area contributed by atoms with Gasteiger partial charge >= 0.3 is 6.09 Å². The minimum atomic E-state index is -0.468. The number of alkyl carbamates (subject to hydrolysis) is 1. The first-order chi connectivity index (χ1) is 10.9.